The Balaban J connectivity index is 1.78. The third kappa shape index (κ3) is 3.29. The summed E-state index contributed by atoms with van der Waals surface area (Å²) in [6.07, 6.45) is 2.25. The first-order valence-electron chi connectivity index (χ1n) is 7.63. The molecular formula is C16H19FN4O3. The van der Waals surface area contributed by atoms with Crippen LogP contribution in [0.1, 0.15) is 16.9 Å². The SMILES string of the molecule is COC[C@@H]1C[C@@H](OC)CN1C(=O)c1cn(-c2ccc(F)cc2)nn1. The fraction of sp³-hybridized carbons (Fsp3) is 0.438. The molecule has 3 rings (SSSR count). The second-order valence-electron chi connectivity index (χ2n) is 5.68. The first kappa shape index (κ1) is 16.5. The van der Waals surface area contributed by atoms with Gasteiger partial charge in [-0.15, -0.1) is 5.10 Å². The Labute approximate surface area is 139 Å². The second-order valence-corrected chi connectivity index (χ2v) is 5.68. The average molecular weight is 334 g/mol. The van der Waals surface area contributed by atoms with Gasteiger partial charge in [0.25, 0.3) is 5.91 Å². The van der Waals surface area contributed by atoms with E-state index < -0.39 is 0 Å². The van der Waals surface area contributed by atoms with E-state index in [0.29, 0.717) is 18.8 Å². The van der Waals surface area contributed by atoms with E-state index in [2.05, 4.69) is 10.3 Å². The van der Waals surface area contributed by atoms with Crippen molar-refractivity contribution >= 4 is 5.91 Å². The monoisotopic (exact) mass is 334 g/mol. The Morgan fingerprint density at radius 2 is 2.08 bits per heavy atom. The van der Waals surface area contributed by atoms with Crippen molar-refractivity contribution in [2.24, 2.45) is 0 Å². The normalized spacial score (nSPS) is 20.5. The minimum absolute atomic E-state index is 0.0127. The second kappa shape index (κ2) is 7.06. The van der Waals surface area contributed by atoms with Gasteiger partial charge in [0, 0.05) is 20.8 Å². The Morgan fingerprint density at radius 3 is 2.75 bits per heavy atom. The van der Waals surface area contributed by atoms with Crippen LogP contribution in [-0.2, 0) is 9.47 Å². The minimum atomic E-state index is -0.333. The number of carbonyl (C=O) groups is 1. The maximum atomic E-state index is 13.0. The predicted molar refractivity (Wildman–Crippen MR) is 83.4 cm³/mol. The van der Waals surface area contributed by atoms with Crippen LogP contribution in [0.2, 0.25) is 0 Å². The van der Waals surface area contributed by atoms with Crippen molar-refractivity contribution in [2.75, 3.05) is 27.4 Å². The van der Waals surface area contributed by atoms with Crippen LogP contribution in [0.5, 0.6) is 0 Å². The average Bonchev–Trinajstić information content (AvgIpc) is 3.22. The van der Waals surface area contributed by atoms with Crippen molar-refractivity contribution in [1.29, 1.82) is 0 Å². The van der Waals surface area contributed by atoms with Gasteiger partial charge in [0.2, 0.25) is 0 Å². The molecule has 2 heterocycles. The molecule has 0 N–H and O–H groups in total. The van der Waals surface area contributed by atoms with Gasteiger partial charge >= 0.3 is 0 Å². The number of rotatable bonds is 5. The molecule has 24 heavy (non-hydrogen) atoms. The van der Waals surface area contributed by atoms with Crippen molar-refractivity contribution in [3.8, 4) is 5.69 Å². The van der Waals surface area contributed by atoms with Gasteiger partial charge in [-0.25, -0.2) is 9.07 Å². The summed E-state index contributed by atoms with van der Waals surface area (Å²) in [7, 11) is 3.24. The van der Waals surface area contributed by atoms with E-state index in [1.165, 1.54) is 16.8 Å². The zero-order valence-electron chi connectivity index (χ0n) is 13.6. The van der Waals surface area contributed by atoms with Crippen LogP contribution in [0, 0.1) is 5.82 Å². The van der Waals surface area contributed by atoms with Crippen LogP contribution >= 0.6 is 0 Å². The van der Waals surface area contributed by atoms with Gasteiger partial charge in [-0.05, 0) is 30.7 Å². The first-order chi connectivity index (χ1) is 11.6. The van der Waals surface area contributed by atoms with Gasteiger partial charge < -0.3 is 14.4 Å². The summed E-state index contributed by atoms with van der Waals surface area (Å²) in [5, 5.41) is 7.90. The number of hydrogen-bond acceptors (Lipinski definition) is 5. The number of carbonyl (C=O) groups excluding carboxylic acids is 1. The zero-order valence-corrected chi connectivity index (χ0v) is 13.6. The molecule has 2 aromatic rings. The molecule has 1 aliphatic heterocycles. The Hall–Kier alpha value is -2.32. The van der Waals surface area contributed by atoms with E-state index in [1.54, 1.807) is 37.4 Å². The van der Waals surface area contributed by atoms with E-state index in [4.69, 9.17) is 9.47 Å². The molecule has 0 aliphatic carbocycles. The van der Waals surface area contributed by atoms with Crippen molar-refractivity contribution < 1.29 is 18.7 Å². The molecule has 0 radical (unpaired) electrons. The standard InChI is InChI=1S/C16H19FN4O3/c1-23-10-13-7-14(24-2)8-20(13)16(22)15-9-21(19-18-15)12-5-3-11(17)4-6-12/h3-6,9,13-14H,7-8,10H2,1-2H3/t13-,14+/m0/s1. The smallest absolute Gasteiger partial charge is 0.276 e. The molecule has 1 fully saturated rings. The molecule has 1 amide bonds. The number of aromatic nitrogens is 3. The summed E-state index contributed by atoms with van der Waals surface area (Å²) in [5.74, 6) is -0.551. The Morgan fingerprint density at radius 1 is 1.33 bits per heavy atom. The predicted octanol–water partition coefficient (Wildman–Crippen LogP) is 1.28. The molecule has 1 aromatic carbocycles. The minimum Gasteiger partial charge on any atom is -0.383 e. The highest BCUT2D eigenvalue weighted by Crippen LogP contribution is 2.22. The van der Waals surface area contributed by atoms with Crippen LogP contribution in [0.15, 0.2) is 30.5 Å². The van der Waals surface area contributed by atoms with Crippen molar-refractivity contribution in [1.82, 2.24) is 19.9 Å². The zero-order chi connectivity index (χ0) is 17.1. The number of likely N-dealkylation sites (tertiary alicyclic amines) is 1. The van der Waals surface area contributed by atoms with E-state index in [-0.39, 0.29) is 29.6 Å². The quantitative estimate of drug-likeness (QED) is 0.824. The number of nitrogens with zero attached hydrogens (tertiary/aromatic N) is 4. The maximum Gasteiger partial charge on any atom is 0.276 e. The first-order valence-corrected chi connectivity index (χ1v) is 7.63. The van der Waals surface area contributed by atoms with Crippen molar-refractivity contribution in [3.63, 3.8) is 0 Å². The highest BCUT2D eigenvalue weighted by molar-refractivity contribution is 5.92. The molecule has 1 saturated heterocycles. The fourth-order valence-corrected chi connectivity index (χ4v) is 2.87. The van der Waals surface area contributed by atoms with E-state index >= 15 is 0 Å². The number of hydrogen-bond donors (Lipinski definition) is 0. The molecule has 1 aromatic heterocycles. The molecule has 0 spiro atoms. The van der Waals surface area contributed by atoms with Gasteiger partial charge in [0.15, 0.2) is 5.69 Å². The van der Waals surface area contributed by atoms with E-state index in [9.17, 15) is 9.18 Å². The summed E-state index contributed by atoms with van der Waals surface area (Å²) >= 11 is 0. The summed E-state index contributed by atoms with van der Waals surface area (Å²) in [4.78, 5) is 14.4. The lowest BCUT2D eigenvalue weighted by Crippen LogP contribution is -2.38. The van der Waals surface area contributed by atoms with Crippen LogP contribution in [-0.4, -0.2) is 65.3 Å². The van der Waals surface area contributed by atoms with Crippen molar-refractivity contribution in [2.45, 2.75) is 18.6 Å². The fourth-order valence-electron chi connectivity index (χ4n) is 2.87. The molecule has 0 saturated carbocycles. The number of methoxy groups -OCH3 is 2. The number of benzene rings is 1. The molecule has 1 aliphatic rings. The number of ether oxygens (including phenoxy) is 2. The third-order valence-corrected chi connectivity index (χ3v) is 4.13. The maximum absolute atomic E-state index is 13.0. The number of halogens is 1. The third-order valence-electron chi connectivity index (χ3n) is 4.13. The highest BCUT2D eigenvalue weighted by atomic mass is 19.1. The van der Waals surface area contributed by atoms with Gasteiger partial charge in [-0.3, -0.25) is 4.79 Å². The van der Waals surface area contributed by atoms with E-state index in [0.717, 1.165) is 6.42 Å². The summed E-state index contributed by atoms with van der Waals surface area (Å²) < 4.78 is 25.0. The van der Waals surface area contributed by atoms with Crippen LogP contribution in [0.3, 0.4) is 0 Å². The molecule has 2 atom stereocenters. The summed E-state index contributed by atoms with van der Waals surface area (Å²) in [6, 6.07) is 5.75. The lowest BCUT2D eigenvalue weighted by atomic mass is 10.2. The molecular weight excluding hydrogens is 315 g/mol. The Kier molecular flexibility index (Phi) is 4.86. The van der Waals surface area contributed by atoms with Gasteiger partial charge in [0.1, 0.15) is 5.82 Å². The summed E-state index contributed by atoms with van der Waals surface area (Å²) in [5.41, 5.74) is 0.866. The van der Waals surface area contributed by atoms with Crippen LogP contribution in [0.25, 0.3) is 5.69 Å². The molecule has 128 valence electrons. The van der Waals surface area contributed by atoms with Gasteiger partial charge in [-0.1, -0.05) is 5.21 Å². The summed E-state index contributed by atoms with van der Waals surface area (Å²) in [6.45, 7) is 0.935. The molecule has 7 nitrogen and oxygen atoms in total. The van der Waals surface area contributed by atoms with E-state index in [1.807, 2.05) is 0 Å². The van der Waals surface area contributed by atoms with Crippen molar-refractivity contribution in [3.05, 3.63) is 42.0 Å². The Bertz CT molecular complexity index is 704. The molecule has 8 heteroatoms. The van der Waals surface area contributed by atoms with Crippen LogP contribution < -0.4 is 0 Å². The van der Waals surface area contributed by atoms with Crippen LogP contribution in [0.4, 0.5) is 4.39 Å². The highest BCUT2D eigenvalue weighted by Gasteiger charge is 2.36. The van der Waals surface area contributed by atoms with Gasteiger partial charge in [0.05, 0.1) is 30.6 Å². The lowest BCUT2D eigenvalue weighted by Gasteiger charge is -2.22. The lowest BCUT2D eigenvalue weighted by molar-refractivity contribution is 0.0606. The molecule has 0 bridgehead atoms. The topological polar surface area (TPSA) is 69.5 Å². The number of amides is 1. The molecule has 0 unspecified atom stereocenters. The largest absolute Gasteiger partial charge is 0.383 e. The van der Waals surface area contributed by atoms with Gasteiger partial charge in [-0.2, -0.15) is 0 Å².